The minimum absolute atomic E-state index is 0.128. The van der Waals surface area contributed by atoms with Gasteiger partial charge in [0, 0.05) is 22.0 Å². The van der Waals surface area contributed by atoms with Crippen molar-refractivity contribution in [1.82, 2.24) is 5.01 Å². The van der Waals surface area contributed by atoms with Gasteiger partial charge in [-0.25, -0.2) is 5.01 Å². The largest absolute Gasteiger partial charge is 0.490 e. The van der Waals surface area contributed by atoms with Gasteiger partial charge in [0.15, 0.2) is 0 Å². The third-order valence-electron chi connectivity index (χ3n) is 5.39. The Labute approximate surface area is 184 Å². The van der Waals surface area contributed by atoms with E-state index in [1.54, 1.807) is 6.08 Å². The second-order valence-corrected chi connectivity index (χ2v) is 8.25. The summed E-state index contributed by atoms with van der Waals surface area (Å²) in [5.41, 5.74) is 4.42. The van der Waals surface area contributed by atoms with E-state index in [0.717, 1.165) is 44.8 Å². The van der Waals surface area contributed by atoms with Crippen LogP contribution in [0.15, 0.2) is 95.0 Å². The van der Waals surface area contributed by atoms with Gasteiger partial charge < -0.3 is 9.47 Å². The van der Waals surface area contributed by atoms with E-state index >= 15 is 0 Å². The number of halogens is 1. The zero-order valence-corrected chi connectivity index (χ0v) is 18.0. The summed E-state index contributed by atoms with van der Waals surface area (Å²) in [5.74, 6) is 1.71. The maximum Gasteiger partial charge on any atom is 0.213 e. The lowest BCUT2D eigenvalue weighted by Crippen LogP contribution is -2.33. The molecule has 3 aromatic rings. The molecule has 0 saturated carbocycles. The Balaban J connectivity index is 1.53. The van der Waals surface area contributed by atoms with Crippen molar-refractivity contribution in [3.8, 4) is 11.5 Å². The molecule has 2 heterocycles. The normalized spacial score (nSPS) is 19.4. The van der Waals surface area contributed by atoms with Crippen molar-refractivity contribution in [2.24, 2.45) is 5.10 Å². The Hall–Kier alpha value is -3.05. The predicted molar refractivity (Wildman–Crippen MR) is 122 cm³/mol. The first kappa shape index (κ1) is 18.9. The molecule has 0 aliphatic carbocycles. The van der Waals surface area contributed by atoms with Crippen LogP contribution in [0, 0.1) is 0 Å². The van der Waals surface area contributed by atoms with E-state index in [0.29, 0.717) is 6.61 Å². The molecule has 0 amide bonds. The van der Waals surface area contributed by atoms with E-state index in [9.17, 15) is 0 Å². The van der Waals surface area contributed by atoms with Crippen molar-refractivity contribution in [2.45, 2.75) is 18.7 Å². The SMILES string of the molecule is C=CCOc1ccc([C@@H]2Oc3ccc(Br)cc3[C@@H]3CC(c4ccccc4)=NN32)cc1. The minimum Gasteiger partial charge on any atom is -0.490 e. The molecule has 4 nitrogen and oxygen atoms in total. The van der Waals surface area contributed by atoms with Crippen LogP contribution in [-0.2, 0) is 0 Å². The molecule has 2 aliphatic heterocycles. The van der Waals surface area contributed by atoms with Crippen molar-refractivity contribution < 1.29 is 9.47 Å². The summed E-state index contributed by atoms with van der Waals surface area (Å²) in [5, 5.41) is 7.10. The fraction of sp³-hybridized carbons (Fsp3) is 0.160. The Bertz CT molecular complexity index is 1100. The molecule has 3 aromatic carbocycles. The quantitative estimate of drug-likeness (QED) is 0.421. The highest BCUT2D eigenvalue weighted by Crippen LogP contribution is 2.48. The van der Waals surface area contributed by atoms with Crippen LogP contribution in [0.4, 0.5) is 0 Å². The molecule has 2 aliphatic rings. The zero-order chi connectivity index (χ0) is 20.5. The molecule has 0 aromatic heterocycles. The number of hydrogen-bond acceptors (Lipinski definition) is 4. The van der Waals surface area contributed by atoms with E-state index in [-0.39, 0.29) is 12.3 Å². The highest BCUT2D eigenvalue weighted by Gasteiger charge is 2.41. The average molecular weight is 461 g/mol. The molecule has 150 valence electrons. The fourth-order valence-corrected chi connectivity index (χ4v) is 4.35. The van der Waals surface area contributed by atoms with Crippen LogP contribution in [0.25, 0.3) is 0 Å². The lowest BCUT2D eigenvalue weighted by atomic mass is 9.96. The summed E-state index contributed by atoms with van der Waals surface area (Å²) in [6, 6.07) is 24.7. The van der Waals surface area contributed by atoms with Gasteiger partial charge in [0.25, 0.3) is 0 Å². The number of benzene rings is 3. The van der Waals surface area contributed by atoms with E-state index < -0.39 is 0 Å². The summed E-state index contributed by atoms with van der Waals surface area (Å²) in [7, 11) is 0. The Morgan fingerprint density at radius 2 is 1.90 bits per heavy atom. The monoisotopic (exact) mass is 460 g/mol. The molecule has 2 atom stereocenters. The molecule has 0 saturated heterocycles. The van der Waals surface area contributed by atoms with Gasteiger partial charge in [-0.15, -0.1) is 0 Å². The summed E-state index contributed by atoms with van der Waals surface area (Å²) in [6.07, 6.45) is 2.29. The number of rotatable bonds is 5. The number of ether oxygens (including phenoxy) is 2. The first-order valence-electron chi connectivity index (χ1n) is 9.94. The fourth-order valence-electron chi connectivity index (χ4n) is 3.97. The van der Waals surface area contributed by atoms with Crippen LogP contribution >= 0.6 is 15.9 Å². The zero-order valence-electron chi connectivity index (χ0n) is 16.4. The van der Waals surface area contributed by atoms with E-state index in [1.165, 1.54) is 0 Å². The van der Waals surface area contributed by atoms with E-state index in [1.807, 2.05) is 42.5 Å². The third kappa shape index (κ3) is 3.50. The van der Waals surface area contributed by atoms with Crippen LogP contribution < -0.4 is 9.47 Å². The van der Waals surface area contributed by atoms with Crippen LogP contribution in [-0.4, -0.2) is 17.3 Å². The summed E-state index contributed by atoms with van der Waals surface area (Å²) in [6.45, 7) is 4.18. The molecule has 0 bridgehead atoms. The molecule has 0 radical (unpaired) electrons. The van der Waals surface area contributed by atoms with Gasteiger partial charge in [-0.1, -0.05) is 58.9 Å². The van der Waals surface area contributed by atoms with Gasteiger partial charge >= 0.3 is 0 Å². The van der Waals surface area contributed by atoms with Crippen LogP contribution in [0.3, 0.4) is 0 Å². The molecule has 30 heavy (non-hydrogen) atoms. The van der Waals surface area contributed by atoms with Crippen LogP contribution in [0.5, 0.6) is 11.5 Å². The maximum atomic E-state index is 6.43. The Morgan fingerprint density at radius 1 is 1.10 bits per heavy atom. The van der Waals surface area contributed by atoms with Crippen LogP contribution in [0.2, 0.25) is 0 Å². The minimum atomic E-state index is -0.293. The highest BCUT2D eigenvalue weighted by atomic mass is 79.9. The Morgan fingerprint density at radius 3 is 2.67 bits per heavy atom. The molecule has 0 N–H and O–H groups in total. The first-order chi connectivity index (χ1) is 14.7. The van der Waals surface area contributed by atoms with Crippen molar-refractivity contribution in [3.63, 3.8) is 0 Å². The molecule has 0 unspecified atom stereocenters. The van der Waals surface area contributed by atoms with Gasteiger partial charge in [-0.05, 0) is 48.0 Å². The van der Waals surface area contributed by atoms with Crippen molar-refractivity contribution >= 4 is 21.6 Å². The van der Waals surface area contributed by atoms with Gasteiger partial charge in [-0.2, -0.15) is 5.10 Å². The van der Waals surface area contributed by atoms with Crippen molar-refractivity contribution in [1.29, 1.82) is 0 Å². The summed E-state index contributed by atoms with van der Waals surface area (Å²) >= 11 is 3.60. The second kappa shape index (κ2) is 8.00. The van der Waals surface area contributed by atoms with E-state index in [4.69, 9.17) is 14.6 Å². The number of fused-ring (bicyclic) bond motifs is 3. The van der Waals surface area contributed by atoms with E-state index in [2.05, 4.69) is 57.8 Å². The van der Waals surface area contributed by atoms with Gasteiger partial charge in [0.1, 0.15) is 18.1 Å². The van der Waals surface area contributed by atoms with Gasteiger partial charge in [-0.3, -0.25) is 0 Å². The standard InChI is InChI=1S/C25H21BrN2O2/c1-2-14-29-20-11-8-18(9-12-20)25-28-23(21-15-19(26)10-13-24(21)30-25)16-22(27-28)17-6-4-3-5-7-17/h2-13,15,23,25H,1,14,16H2/t23-,25-/m0/s1. The number of nitrogens with zero attached hydrogens (tertiary/aromatic N) is 2. The first-order valence-corrected chi connectivity index (χ1v) is 10.7. The lowest BCUT2D eigenvalue weighted by molar-refractivity contribution is -0.0191. The summed E-state index contributed by atoms with van der Waals surface area (Å²) in [4.78, 5) is 0. The van der Waals surface area contributed by atoms with Gasteiger partial charge in [0.2, 0.25) is 6.23 Å². The predicted octanol–water partition coefficient (Wildman–Crippen LogP) is 6.26. The maximum absolute atomic E-state index is 6.43. The molecule has 0 fully saturated rings. The number of hydrogen-bond donors (Lipinski definition) is 0. The number of hydrazone groups is 1. The second-order valence-electron chi connectivity index (χ2n) is 7.33. The topological polar surface area (TPSA) is 34.1 Å². The van der Waals surface area contributed by atoms with Crippen molar-refractivity contribution in [2.75, 3.05) is 6.61 Å². The summed E-state index contributed by atoms with van der Waals surface area (Å²) < 4.78 is 13.1. The molecule has 5 rings (SSSR count). The smallest absolute Gasteiger partial charge is 0.213 e. The highest BCUT2D eigenvalue weighted by molar-refractivity contribution is 9.10. The van der Waals surface area contributed by atoms with Crippen molar-refractivity contribution in [3.05, 3.63) is 107 Å². The van der Waals surface area contributed by atoms with Gasteiger partial charge in [0.05, 0.1) is 11.8 Å². The molecular weight excluding hydrogens is 440 g/mol. The Kier molecular flexibility index (Phi) is 5.05. The van der Waals surface area contributed by atoms with Crippen LogP contribution in [0.1, 0.15) is 35.4 Å². The molecule has 5 heteroatoms. The molecular formula is C25H21BrN2O2. The average Bonchev–Trinajstić information content (AvgIpc) is 3.24. The molecule has 0 spiro atoms. The third-order valence-corrected chi connectivity index (χ3v) is 5.89. The lowest BCUT2D eigenvalue weighted by Gasteiger charge is -2.38.